The van der Waals surface area contributed by atoms with E-state index in [0.29, 0.717) is 23.6 Å². The van der Waals surface area contributed by atoms with Gasteiger partial charge in [0.05, 0.1) is 6.61 Å². The third-order valence-corrected chi connectivity index (χ3v) is 4.19. The molecule has 0 aliphatic heterocycles. The van der Waals surface area contributed by atoms with Gasteiger partial charge in [0.2, 0.25) is 0 Å². The number of unbranched alkanes of at least 4 members (excludes halogenated alkanes) is 1. The van der Waals surface area contributed by atoms with Gasteiger partial charge >= 0.3 is 0 Å². The first-order chi connectivity index (χ1) is 13.6. The van der Waals surface area contributed by atoms with Crippen molar-refractivity contribution in [1.29, 1.82) is 0 Å². The highest BCUT2D eigenvalue weighted by atomic mass is 19.1. The summed E-state index contributed by atoms with van der Waals surface area (Å²) in [6.07, 6.45) is 2.04. The lowest BCUT2D eigenvalue weighted by atomic mass is 10.1. The predicted octanol–water partition coefficient (Wildman–Crippen LogP) is 4.61. The fraction of sp³-hybridized carbons (Fsp3) is 0.182. The van der Waals surface area contributed by atoms with Crippen LogP contribution in [0.4, 0.5) is 10.1 Å². The number of nitrogens with one attached hydrogen (secondary N) is 2. The molecule has 2 aromatic carbocycles. The van der Waals surface area contributed by atoms with Crippen molar-refractivity contribution in [2.24, 2.45) is 0 Å². The molecule has 1 amide bonds. The molecule has 3 aromatic rings. The molecule has 1 aromatic heterocycles. The minimum absolute atomic E-state index is 0.00543. The third kappa shape index (κ3) is 4.85. The Morgan fingerprint density at radius 3 is 2.39 bits per heavy atom. The topological polar surface area (TPSA) is 71.2 Å². The molecular weight excluding hydrogens is 359 g/mol. The van der Waals surface area contributed by atoms with Gasteiger partial charge in [0.25, 0.3) is 11.5 Å². The van der Waals surface area contributed by atoms with Gasteiger partial charge in [0.1, 0.15) is 17.1 Å². The maximum atomic E-state index is 13.0. The number of ether oxygens (including phenoxy) is 1. The van der Waals surface area contributed by atoms with Crippen molar-refractivity contribution in [3.05, 3.63) is 82.4 Å². The van der Waals surface area contributed by atoms with Gasteiger partial charge < -0.3 is 15.0 Å². The number of carbonyl (C=O) groups excluding carboxylic acids is 1. The van der Waals surface area contributed by atoms with Crippen LogP contribution in [0.2, 0.25) is 0 Å². The van der Waals surface area contributed by atoms with Gasteiger partial charge in [-0.1, -0.05) is 13.3 Å². The molecule has 144 valence electrons. The van der Waals surface area contributed by atoms with Crippen LogP contribution in [-0.2, 0) is 0 Å². The molecular formula is C22H21FN2O3. The highest BCUT2D eigenvalue weighted by Crippen LogP contribution is 2.18. The molecule has 28 heavy (non-hydrogen) atoms. The highest BCUT2D eigenvalue weighted by Gasteiger charge is 2.12. The molecule has 5 nitrogen and oxygen atoms in total. The van der Waals surface area contributed by atoms with E-state index in [2.05, 4.69) is 17.2 Å². The number of rotatable bonds is 7. The molecule has 2 N–H and O–H groups in total. The Kier molecular flexibility index (Phi) is 6.22. The number of anilines is 1. The lowest BCUT2D eigenvalue weighted by Gasteiger charge is -2.08. The van der Waals surface area contributed by atoms with E-state index in [1.807, 2.05) is 0 Å². The number of aromatic amines is 1. The fourth-order valence-electron chi connectivity index (χ4n) is 2.62. The van der Waals surface area contributed by atoms with Gasteiger partial charge in [-0.25, -0.2) is 4.39 Å². The Morgan fingerprint density at radius 1 is 1.04 bits per heavy atom. The summed E-state index contributed by atoms with van der Waals surface area (Å²) < 4.78 is 18.6. The van der Waals surface area contributed by atoms with Gasteiger partial charge in [-0.15, -0.1) is 0 Å². The second kappa shape index (κ2) is 8.99. The van der Waals surface area contributed by atoms with Crippen molar-refractivity contribution in [3.8, 4) is 17.0 Å². The summed E-state index contributed by atoms with van der Waals surface area (Å²) >= 11 is 0. The van der Waals surface area contributed by atoms with E-state index in [9.17, 15) is 14.0 Å². The van der Waals surface area contributed by atoms with Gasteiger partial charge in [0, 0.05) is 11.4 Å². The molecule has 0 atom stereocenters. The number of pyridine rings is 1. The van der Waals surface area contributed by atoms with E-state index in [0.717, 1.165) is 18.6 Å². The molecule has 0 spiro atoms. The molecule has 1 heterocycles. The first-order valence-corrected chi connectivity index (χ1v) is 9.10. The quantitative estimate of drug-likeness (QED) is 0.588. The van der Waals surface area contributed by atoms with Crippen LogP contribution in [0.1, 0.15) is 30.1 Å². The third-order valence-electron chi connectivity index (χ3n) is 4.19. The molecule has 0 saturated heterocycles. The van der Waals surface area contributed by atoms with Crippen molar-refractivity contribution in [3.63, 3.8) is 0 Å². The summed E-state index contributed by atoms with van der Waals surface area (Å²) in [6.45, 7) is 2.74. The van der Waals surface area contributed by atoms with Crippen molar-refractivity contribution in [1.82, 2.24) is 4.98 Å². The summed E-state index contributed by atoms with van der Waals surface area (Å²) in [5.41, 5.74) is 1.21. The zero-order valence-electron chi connectivity index (χ0n) is 15.5. The van der Waals surface area contributed by atoms with Crippen molar-refractivity contribution >= 4 is 11.6 Å². The summed E-state index contributed by atoms with van der Waals surface area (Å²) in [5.74, 6) is -0.136. The van der Waals surface area contributed by atoms with Gasteiger partial charge in [-0.3, -0.25) is 9.59 Å². The lowest BCUT2D eigenvalue weighted by molar-refractivity contribution is 0.102. The predicted molar refractivity (Wildman–Crippen MR) is 107 cm³/mol. The molecule has 3 rings (SSSR count). The van der Waals surface area contributed by atoms with Gasteiger partial charge in [0.15, 0.2) is 0 Å². The molecule has 0 bridgehead atoms. The van der Waals surface area contributed by atoms with Crippen molar-refractivity contribution < 1.29 is 13.9 Å². The normalized spacial score (nSPS) is 10.5. The second-order valence-electron chi connectivity index (χ2n) is 6.30. The van der Waals surface area contributed by atoms with Crippen LogP contribution in [0.15, 0.2) is 65.5 Å². The zero-order valence-corrected chi connectivity index (χ0v) is 15.5. The van der Waals surface area contributed by atoms with Gasteiger partial charge in [-0.2, -0.15) is 0 Å². The van der Waals surface area contributed by atoms with Crippen LogP contribution in [0.3, 0.4) is 0 Å². The Bertz CT molecular complexity index is 996. The first kappa shape index (κ1) is 19.4. The number of halogens is 1. The Balaban J connectivity index is 1.69. The summed E-state index contributed by atoms with van der Waals surface area (Å²) in [5, 5.41) is 2.70. The maximum absolute atomic E-state index is 13.0. The monoisotopic (exact) mass is 380 g/mol. The molecule has 0 aliphatic carbocycles. The largest absolute Gasteiger partial charge is 0.494 e. The molecule has 0 unspecified atom stereocenters. The highest BCUT2D eigenvalue weighted by molar-refractivity contribution is 6.04. The standard InChI is InChI=1S/C22H21FN2O3/c1-2-3-14-28-18-10-8-17(9-11-18)24-21(26)19-12-13-20(25-22(19)27)15-4-6-16(23)7-5-15/h4-13H,2-3,14H2,1H3,(H,24,26)(H,25,27). The Morgan fingerprint density at radius 2 is 1.75 bits per heavy atom. The summed E-state index contributed by atoms with van der Waals surface area (Å²) in [6, 6.07) is 15.8. The fourth-order valence-corrected chi connectivity index (χ4v) is 2.62. The van der Waals surface area contributed by atoms with Gasteiger partial charge in [-0.05, 0) is 72.6 Å². The molecule has 0 saturated carbocycles. The average molecular weight is 380 g/mol. The number of aromatic nitrogens is 1. The molecule has 6 heteroatoms. The number of hydrogen-bond acceptors (Lipinski definition) is 3. The minimum Gasteiger partial charge on any atom is -0.494 e. The lowest BCUT2D eigenvalue weighted by Crippen LogP contribution is -2.23. The summed E-state index contributed by atoms with van der Waals surface area (Å²) in [7, 11) is 0. The molecule has 0 radical (unpaired) electrons. The second-order valence-corrected chi connectivity index (χ2v) is 6.30. The smallest absolute Gasteiger partial charge is 0.261 e. The van der Waals surface area contributed by atoms with Crippen LogP contribution in [-0.4, -0.2) is 17.5 Å². The van der Waals surface area contributed by atoms with E-state index in [4.69, 9.17) is 4.74 Å². The number of carbonyl (C=O) groups is 1. The van der Waals surface area contributed by atoms with Crippen molar-refractivity contribution in [2.75, 3.05) is 11.9 Å². The van der Waals surface area contributed by atoms with Crippen LogP contribution >= 0.6 is 0 Å². The maximum Gasteiger partial charge on any atom is 0.261 e. The number of benzene rings is 2. The van der Waals surface area contributed by atoms with Crippen LogP contribution in [0.25, 0.3) is 11.3 Å². The molecule has 0 fully saturated rings. The van der Waals surface area contributed by atoms with Crippen LogP contribution in [0.5, 0.6) is 5.75 Å². The van der Waals surface area contributed by atoms with E-state index < -0.39 is 11.5 Å². The first-order valence-electron chi connectivity index (χ1n) is 9.10. The summed E-state index contributed by atoms with van der Waals surface area (Å²) in [4.78, 5) is 27.4. The van der Waals surface area contributed by atoms with E-state index in [1.54, 1.807) is 42.5 Å². The number of amides is 1. The Labute approximate surface area is 162 Å². The molecule has 0 aliphatic rings. The van der Waals surface area contributed by atoms with E-state index in [-0.39, 0.29) is 11.4 Å². The zero-order chi connectivity index (χ0) is 19.9. The van der Waals surface area contributed by atoms with E-state index >= 15 is 0 Å². The number of hydrogen-bond donors (Lipinski definition) is 2. The number of H-pyrrole nitrogens is 1. The van der Waals surface area contributed by atoms with E-state index in [1.165, 1.54) is 18.2 Å². The Hall–Kier alpha value is -3.41. The average Bonchev–Trinajstić information content (AvgIpc) is 2.70. The van der Waals surface area contributed by atoms with Crippen molar-refractivity contribution in [2.45, 2.75) is 19.8 Å². The van der Waals surface area contributed by atoms with Crippen LogP contribution in [0, 0.1) is 5.82 Å². The van der Waals surface area contributed by atoms with Crippen LogP contribution < -0.4 is 15.6 Å². The minimum atomic E-state index is -0.515. The SMILES string of the molecule is CCCCOc1ccc(NC(=O)c2ccc(-c3ccc(F)cc3)[nH]c2=O)cc1.